The van der Waals surface area contributed by atoms with Crippen LogP contribution in [-0.4, -0.2) is 28.9 Å². The van der Waals surface area contributed by atoms with Crippen LogP contribution in [0.25, 0.3) is 0 Å². The van der Waals surface area contributed by atoms with E-state index in [1.165, 1.54) is 0 Å². The normalized spacial score (nSPS) is 15.0. The molecule has 1 amide bonds. The SMILES string of the molecule is O=C1Cc2ccccc2NCCN1Cc1ccccn1. The summed E-state index contributed by atoms with van der Waals surface area (Å²) in [5.74, 6) is 0.157. The van der Waals surface area contributed by atoms with Crippen molar-refractivity contribution in [2.45, 2.75) is 13.0 Å². The first kappa shape index (κ1) is 12.7. The number of amides is 1. The zero-order valence-electron chi connectivity index (χ0n) is 11.2. The molecule has 0 bridgehead atoms. The van der Waals surface area contributed by atoms with Crippen LogP contribution in [0.4, 0.5) is 5.69 Å². The number of aromatic nitrogens is 1. The highest BCUT2D eigenvalue weighted by Crippen LogP contribution is 2.18. The monoisotopic (exact) mass is 267 g/mol. The van der Waals surface area contributed by atoms with Gasteiger partial charge < -0.3 is 10.2 Å². The van der Waals surface area contributed by atoms with E-state index in [2.05, 4.69) is 10.3 Å². The zero-order valence-corrected chi connectivity index (χ0v) is 11.2. The minimum atomic E-state index is 0.157. The third kappa shape index (κ3) is 2.79. The number of rotatable bonds is 2. The Kier molecular flexibility index (Phi) is 3.63. The molecule has 0 radical (unpaired) electrons. The molecule has 3 rings (SSSR count). The fraction of sp³-hybridized carbons (Fsp3) is 0.250. The number of pyridine rings is 1. The molecule has 0 spiro atoms. The van der Waals surface area contributed by atoms with E-state index >= 15 is 0 Å². The van der Waals surface area contributed by atoms with Gasteiger partial charge in [0.1, 0.15) is 0 Å². The van der Waals surface area contributed by atoms with Crippen LogP contribution >= 0.6 is 0 Å². The number of carbonyl (C=O) groups excluding carboxylic acids is 1. The van der Waals surface area contributed by atoms with Gasteiger partial charge in [-0.2, -0.15) is 0 Å². The maximum Gasteiger partial charge on any atom is 0.227 e. The summed E-state index contributed by atoms with van der Waals surface area (Å²) >= 11 is 0. The van der Waals surface area contributed by atoms with Crippen molar-refractivity contribution in [2.24, 2.45) is 0 Å². The van der Waals surface area contributed by atoms with Gasteiger partial charge in [0, 0.05) is 25.0 Å². The van der Waals surface area contributed by atoms with Gasteiger partial charge in [-0.25, -0.2) is 0 Å². The van der Waals surface area contributed by atoms with E-state index in [0.29, 0.717) is 19.5 Å². The van der Waals surface area contributed by atoms with E-state index in [0.717, 1.165) is 23.5 Å². The number of anilines is 1. The quantitative estimate of drug-likeness (QED) is 0.906. The first-order valence-electron chi connectivity index (χ1n) is 6.82. The third-order valence-corrected chi connectivity index (χ3v) is 3.49. The van der Waals surface area contributed by atoms with Crippen molar-refractivity contribution in [2.75, 3.05) is 18.4 Å². The first-order valence-corrected chi connectivity index (χ1v) is 6.82. The van der Waals surface area contributed by atoms with Crippen LogP contribution in [0.5, 0.6) is 0 Å². The van der Waals surface area contributed by atoms with Crippen molar-refractivity contribution in [1.29, 1.82) is 0 Å². The van der Waals surface area contributed by atoms with Crippen molar-refractivity contribution in [1.82, 2.24) is 9.88 Å². The molecular weight excluding hydrogens is 250 g/mol. The molecule has 0 saturated carbocycles. The molecule has 0 unspecified atom stereocenters. The van der Waals surface area contributed by atoms with Gasteiger partial charge in [-0.15, -0.1) is 0 Å². The summed E-state index contributed by atoms with van der Waals surface area (Å²) in [5, 5.41) is 3.39. The molecule has 2 aromatic rings. The average Bonchev–Trinajstić information content (AvgIpc) is 2.47. The maximum atomic E-state index is 12.4. The summed E-state index contributed by atoms with van der Waals surface area (Å²) in [7, 11) is 0. The van der Waals surface area contributed by atoms with Gasteiger partial charge in [0.25, 0.3) is 0 Å². The molecule has 1 N–H and O–H groups in total. The summed E-state index contributed by atoms with van der Waals surface area (Å²) in [5.41, 5.74) is 3.05. The fourth-order valence-corrected chi connectivity index (χ4v) is 2.43. The van der Waals surface area contributed by atoms with Crippen molar-refractivity contribution in [3.63, 3.8) is 0 Å². The van der Waals surface area contributed by atoms with Crippen molar-refractivity contribution >= 4 is 11.6 Å². The van der Waals surface area contributed by atoms with Gasteiger partial charge in [-0.3, -0.25) is 9.78 Å². The summed E-state index contributed by atoms with van der Waals surface area (Å²) in [4.78, 5) is 18.6. The number of fused-ring (bicyclic) bond motifs is 1. The highest BCUT2D eigenvalue weighted by Gasteiger charge is 2.18. The van der Waals surface area contributed by atoms with E-state index in [4.69, 9.17) is 0 Å². The number of hydrogen-bond acceptors (Lipinski definition) is 3. The van der Waals surface area contributed by atoms with E-state index in [1.807, 2.05) is 47.4 Å². The highest BCUT2D eigenvalue weighted by molar-refractivity contribution is 5.81. The Bertz CT molecular complexity index is 598. The molecule has 4 nitrogen and oxygen atoms in total. The van der Waals surface area contributed by atoms with E-state index in [1.54, 1.807) is 6.20 Å². The summed E-state index contributed by atoms with van der Waals surface area (Å²) in [6.45, 7) is 2.03. The van der Waals surface area contributed by atoms with E-state index < -0.39 is 0 Å². The van der Waals surface area contributed by atoms with Gasteiger partial charge in [0.15, 0.2) is 0 Å². The molecule has 4 heteroatoms. The van der Waals surface area contributed by atoms with Gasteiger partial charge >= 0.3 is 0 Å². The smallest absolute Gasteiger partial charge is 0.227 e. The number of hydrogen-bond donors (Lipinski definition) is 1. The van der Waals surface area contributed by atoms with E-state index in [9.17, 15) is 4.79 Å². The lowest BCUT2D eigenvalue weighted by molar-refractivity contribution is -0.131. The molecule has 0 fully saturated rings. The molecule has 1 aromatic carbocycles. The van der Waals surface area contributed by atoms with Crippen LogP contribution in [0.2, 0.25) is 0 Å². The van der Waals surface area contributed by atoms with Gasteiger partial charge in [0.05, 0.1) is 18.7 Å². The molecule has 20 heavy (non-hydrogen) atoms. The summed E-state index contributed by atoms with van der Waals surface area (Å²) in [6.07, 6.45) is 2.20. The molecule has 1 aliphatic heterocycles. The Morgan fingerprint density at radius 1 is 1.15 bits per heavy atom. The molecular formula is C16H17N3O. The predicted octanol–water partition coefficient (Wildman–Crippen LogP) is 2.08. The Hall–Kier alpha value is -2.36. The number of benzene rings is 1. The minimum absolute atomic E-state index is 0.157. The van der Waals surface area contributed by atoms with Crippen LogP contribution in [0.15, 0.2) is 48.7 Å². The molecule has 0 aliphatic carbocycles. The van der Waals surface area contributed by atoms with Crippen LogP contribution in [0, 0.1) is 0 Å². The third-order valence-electron chi connectivity index (χ3n) is 3.49. The second-order valence-corrected chi connectivity index (χ2v) is 4.90. The second-order valence-electron chi connectivity index (χ2n) is 4.90. The standard InChI is InChI=1S/C16H17N3O/c20-16-11-13-5-1-2-7-15(13)18-9-10-19(16)12-14-6-3-4-8-17-14/h1-8,18H,9-12H2. The fourth-order valence-electron chi connectivity index (χ4n) is 2.43. The molecule has 1 aliphatic rings. The molecule has 0 atom stereocenters. The van der Waals surface area contributed by atoms with Gasteiger partial charge in [-0.1, -0.05) is 24.3 Å². The lowest BCUT2D eigenvalue weighted by Crippen LogP contribution is -2.37. The van der Waals surface area contributed by atoms with Gasteiger partial charge in [0.2, 0.25) is 5.91 Å². The topological polar surface area (TPSA) is 45.2 Å². The largest absolute Gasteiger partial charge is 0.383 e. The molecule has 2 heterocycles. The number of nitrogens with zero attached hydrogens (tertiary/aromatic N) is 2. The Morgan fingerprint density at radius 3 is 2.85 bits per heavy atom. The van der Waals surface area contributed by atoms with Crippen LogP contribution in [-0.2, 0) is 17.8 Å². The van der Waals surface area contributed by atoms with Crippen molar-refractivity contribution < 1.29 is 4.79 Å². The summed E-state index contributed by atoms with van der Waals surface area (Å²) < 4.78 is 0. The molecule has 0 saturated heterocycles. The Morgan fingerprint density at radius 2 is 2.00 bits per heavy atom. The number of carbonyl (C=O) groups is 1. The number of para-hydroxylation sites is 1. The van der Waals surface area contributed by atoms with Crippen LogP contribution in [0.3, 0.4) is 0 Å². The van der Waals surface area contributed by atoms with Crippen molar-refractivity contribution in [3.8, 4) is 0 Å². The second kappa shape index (κ2) is 5.74. The van der Waals surface area contributed by atoms with Crippen molar-refractivity contribution in [3.05, 3.63) is 59.9 Å². The lowest BCUT2D eigenvalue weighted by atomic mass is 10.1. The van der Waals surface area contributed by atoms with Crippen LogP contribution < -0.4 is 5.32 Å². The maximum absolute atomic E-state index is 12.4. The lowest BCUT2D eigenvalue weighted by Gasteiger charge is -2.26. The summed E-state index contributed by atoms with van der Waals surface area (Å²) in [6, 6.07) is 13.8. The van der Waals surface area contributed by atoms with E-state index in [-0.39, 0.29) is 5.91 Å². The van der Waals surface area contributed by atoms with Gasteiger partial charge in [-0.05, 0) is 23.8 Å². The highest BCUT2D eigenvalue weighted by atomic mass is 16.2. The number of nitrogens with one attached hydrogen (secondary N) is 1. The Labute approximate surface area is 118 Å². The predicted molar refractivity (Wildman–Crippen MR) is 78.3 cm³/mol. The Balaban J connectivity index is 1.77. The average molecular weight is 267 g/mol. The molecule has 1 aromatic heterocycles. The minimum Gasteiger partial charge on any atom is -0.383 e. The van der Waals surface area contributed by atoms with Crippen LogP contribution in [0.1, 0.15) is 11.3 Å². The zero-order chi connectivity index (χ0) is 13.8. The first-order chi connectivity index (χ1) is 9.83. The molecule has 102 valence electrons.